The summed E-state index contributed by atoms with van der Waals surface area (Å²) in [6, 6.07) is 19.6. The molecule has 0 amide bonds. The Morgan fingerprint density at radius 3 is 2.13 bits per heavy atom. The molecule has 3 heteroatoms. The third-order valence-electron chi connectivity index (χ3n) is 4.06. The van der Waals surface area contributed by atoms with Crippen molar-refractivity contribution < 1.29 is 9.53 Å². The molecule has 2 unspecified atom stereocenters. The molecule has 0 heterocycles. The van der Waals surface area contributed by atoms with Crippen LogP contribution >= 0.6 is 0 Å². The molecule has 0 bridgehead atoms. The predicted molar refractivity (Wildman–Crippen MR) is 92.8 cm³/mol. The van der Waals surface area contributed by atoms with Crippen LogP contribution in [-0.2, 0) is 22.7 Å². The van der Waals surface area contributed by atoms with Crippen LogP contribution in [0.4, 0.5) is 0 Å². The first-order valence-electron chi connectivity index (χ1n) is 8.18. The van der Waals surface area contributed by atoms with E-state index in [2.05, 4.69) is 31.3 Å². The topological polar surface area (TPSA) is 38.3 Å². The Balaban J connectivity index is 1.92. The minimum Gasteiger partial charge on any atom is -0.460 e. The van der Waals surface area contributed by atoms with Gasteiger partial charge in [-0.05, 0) is 17.0 Å². The highest BCUT2D eigenvalue weighted by atomic mass is 16.5. The second kappa shape index (κ2) is 9.11. The second-order valence-electron chi connectivity index (χ2n) is 5.82. The minimum atomic E-state index is -0.288. The van der Waals surface area contributed by atoms with Crippen LogP contribution in [0.2, 0.25) is 0 Å². The Labute approximate surface area is 138 Å². The van der Waals surface area contributed by atoms with Crippen molar-refractivity contribution in [3.63, 3.8) is 0 Å². The summed E-state index contributed by atoms with van der Waals surface area (Å²) in [5.41, 5.74) is 2.17. The van der Waals surface area contributed by atoms with Gasteiger partial charge < -0.3 is 10.1 Å². The van der Waals surface area contributed by atoms with Crippen molar-refractivity contribution in [2.24, 2.45) is 5.92 Å². The summed E-state index contributed by atoms with van der Waals surface area (Å²) in [4.78, 5) is 12.5. The van der Waals surface area contributed by atoms with Gasteiger partial charge in [0.15, 0.2) is 0 Å². The molecule has 0 saturated heterocycles. The molecular weight excluding hydrogens is 286 g/mol. The summed E-state index contributed by atoms with van der Waals surface area (Å²) in [5, 5.41) is 3.35. The number of rotatable bonds is 8. The first-order chi connectivity index (χ1) is 11.2. The summed E-state index contributed by atoms with van der Waals surface area (Å²) in [5.74, 6) is 0.0427. The van der Waals surface area contributed by atoms with Gasteiger partial charge in [-0.25, -0.2) is 0 Å². The Morgan fingerprint density at radius 1 is 1.00 bits per heavy atom. The molecule has 122 valence electrons. The van der Waals surface area contributed by atoms with E-state index in [1.807, 2.05) is 48.5 Å². The van der Waals surface area contributed by atoms with E-state index in [4.69, 9.17) is 4.74 Å². The van der Waals surface area contributed by atoms with Crippen LogP contribution < -0.4 is 5.32 Å². The molecule has 0 spiro atoms. The van der Waals surface area contributed by atoms with Crippen LogP contribution in [0.15, 0.2) is 60.7 Å². The molecule has 1 N–H and O–H groups in total. The molecule has 0 aliphatic carbocycles. The van der Waals surface area contributed by atoms with Crippen molar-refractivity contribution >= 4 is 5.97 Å². The highest BCUT2D eigenvalue weighted by Gasteiger charge is 2.25. The molecular formula is C20H25NO2. The van der Waals surface area contributed by atoms with Crippen LogP contribution in [0.25, 0.3) is 0 Å². The van der Waals surface area contributed by atoms with Crippen LogP contribution in [0.5, 0.6) is 0 Å². The lowest BCUT2D eigenvalue weighted by atomic mass is 9.99. The first kappa shape index (κ1) is 17.2. The molecule has 3 nitrogen and oxygen atoms in total. The Bertz CT molecular complexity index is 583. The molecule has 2 atom stereocenters. The predicted octanol–water partition coefficient (Wildman–Crippen LogP) is 3.93. The van der Waals surface area contributed by atoms with E-state index >= 15 is 0 Å². The van der Waals surface area contributed by atoms with Crippen LogP contribution in [-0.4, -0.2) is 12.0 Å². The number of carbonyl (C=O) groups excluding carboxylic acids is 1. The standard InChI is InChI=1S/C20H25NO2/c1-3-16(2)19(21-14-17-10-6-4-7-11-17)20(22)23-15-18-12-8-5-9-13-18/h4-13,16,19,21H,3,14-15H2,1-2H3. The van der Waals surface area contributed by atoms with Gasteiger partial charge in [0.05, 0.1) is 0 Å². The van der Waals surface area contributed by atoms with E-state index in [1.165, 1.54) is 0 Å². The van der Waals surface area contributed by atoms with E-state index < -0.39 is 0 Å². The van der Waals surface area contributed by atoms with Crippen molar-refractivity contribution in [1.82, 2.24) is 5.32 Å². The Morgan fingerprint density at radius 2 is 1.57 bits per heavy atom. The maximum Gasteiger partial charge on any atom is 0.323 e. The van der Waals surface area contributed by atoms with Gasteiger partial charge in [0.2, 0.25) is 0 Å². The lowest BCUT2D eigenvalue weighted by Crippen LogP contribution is -2.42. The van der Waals surface area contributed by atoms with Crippen molar-refractivity contribution in [3.8, 4) is 0 Å². The number of esters is 1. The molecule has 0 saturated carbocycles. The van der Waals surface area contributed by atoms with Gasteiger partial charge in [0, 0.05) is 6.54 Å². The van der Waals surface area contributed by atoms with E-state index in [0.717, 1.165) is 17.5 Å². The monoisotopic (exact) mass is 311 g/mol. The summed E-state index contributed by atoms with van der Waals surface area (Å²) >= 11 is 0. The minimum absolute atomic E-state index is 0.181. The fourth-order valence-electron chi connectivity index (χ4n) is 2.39. The number of nitrogens with one attached hydrogen (secondary N) is 1. The zero-order chi connectivity index (χ0) is 16.5. The van der Waals surface area contributed by atoms with Gasteiger partial charge in [-0.1, -0.05) is 80.9 Å². The van der Waals surface area contributed by atoms with E-state index in [9.17, 15) is 4.79 Å². The third kappa shape index (κ3) is 5.53. The maximum absolute atomic E-state index is 12.5. The van der Waals surface area contributed by atoms with Crippen LogP contribution in [0.1, 0.15) is 31.4 Å². The van der Waals surface area contributed by atoms with Crippen molar-refractivity contribution in [1.29, 1.82) is 0 Å². The normalized spacial score (nSPS) is 13.3. The first-order valence-corrected chi connectivity index (χ1v) is 8.18. The molecule has 0 aliphatic rings. The van der Waals surface area contributed by atoms with Crippen molar-refractivity contribution in [2.45, 2.75) is 39.5 Å². The van der Waals surface area contributed by atoms with Gasteiger partial charge in [-0.15, -0.1) is 0 Å². The molecule has 0 aliphatic heterocycles. The summed E-state index contributed by atoms with van der Waals surface area (Å²) in [6.45, 7) is 5.15. The van der Waals surface area contributed by atoms with E-state index in [-0.39, 0.29) is 17.9 Å². The van der Waals surface area contributed by atoms with Gasteiger partial charge in [0.25, 0.3) is 0 Å². The molecule has 2 rings (SSSR count). The number of hydrogen-bond acceptors (Lipinski definition) is 3. The van der Waals surface area contributed by atoms with Crippen LogP contribution in [0, 0.1) is 5.92 Å². The zero-order valence-corrected chi connectivity index (χ0v) is 13.9. The SMILES string of the molecule is CCC(C)C(NCc1ccccc1)C(=O)OCc1ccccc1. The number of carbonyl (C=O) groups is 1. The van der Waals surface area contributed by atoms with Gasteiger partial charge >= 0.3 is 5.97 Å². The smallest absolute Gasteiger partial charge is 0.323 e. The van der Waals surface area contributed by atoms with Gasteiger partial charge in [0.1, 0.15) is 12.6 Å². The molecule has 0 aromatic heterocycles. The van der Waals surface area contributed by atoms with Gasteiger partial charge in [-0.2, -0.15) is 0 Å². The van der Waals surface area contributed by atoms with E-state index in [1.54, 1.807) is 0 Å². The highest BCUT2D eigenvalue weighted by Crippen LogP contribution is 2.12. The second-order valence-corrected chi connectivity index (χ2v) is 5.82. The maximum atomic E-state index is 12.5. The van der Waals surface area contributed by atoms with Crippen molar-refractivity contribution in [2.75, 3.05) is 0 Å². The average Bonchev–Trinajstić information content (AvgIpc) is 2.61. The summed E-state index contributed by atoms with van der Waals surface area (Å²) in [6.07, 6.45) is 0.924. The molecule has 23 heavy (non-hydrogen) atoms. The Hall–Kier alpha value is -2.13. The summed E-state index contributed by atoms with van der Waals surface area (Å²) < 4.78 is 5.50. The number of benzene rings is 2. The molecule has 2 aromatic carbocycles. The summed E-state index contributed by atoms with van der Waals surface area (Å²) in [7, 11) is 0. The number of hydrogen-bond donors (Lipinski definition) is 1. The molecule has 0 radical (unpaired) electrons. The molecule has 2 aromatic rings. The zero-order valence-electron chi connectivity index (χ0n) is 13.9. The largest absolute Gasteiger partial charge is 0.460 e. The van der Waals surface area contributed by atoms with Gasteiger partial charge in [-0.3, -0.25) is 4.79 Å². The molecule has 0 fully saturated rings. The fraction of sp³-hybridized carbons (Fsp3) is 0.350. The fourth-order valence-corrected chi connectivity index (χ4v) is 2.39. The average molecular weight is 311 g/mol. The lowest BCUT2D eigenvalue weighted by Gasteiger charge is -2.23. The lowest BCUT2D eigenvalue weighted by molar-refractivity contribution is -0.149. The number of ether oxygens (including phenoxy) is 1. The Kier molecular flexibility index (Phi) is 6.82. The highest BCUT2D eigenvalue weighted by molar-refractivity contribution is 5.76. The van der Waals surface area contributed by atoms with Crippen molar-refractivity contribution in [3.05, 3.63) is 71.8 Å². The van der Waals surface area contributed by atoms with Crippen LogP contribution in [0.3, 0.4) is 0 Å². The third-order valence-corrected chi connectivity index (χ3v) is 4.06. The quantitative estimate of drug-likeness (QED) is 0.751. The van der Waals surface area contributed by atoms with E-state index in [0.29, 0.717) is 13.2 Å².